The number of aryl methyl sites for hydroxylation is 2. The maximum absolute atomic E-state index is 15.4. The van der Waals surface area contributed by atoms with Gasteiger partial charge in [0.15, 0.2) is 12.2 Å². The van der Waals surface area contributed by atoms with E-state index in [1.165, 1.54) is 24.5 Å². The smallest absolute Gasteiger partial charge is 0.344 e. The van der Waals surface area contributed by atoms with Gasteiger partial charge < -0.3 is 48.5 Å². The standard InChI is InChI=1S/C38H42F2N6O8/c1-3-43-17-23(33(47)21-13-25(39)29(15-27(21)43)45-9-5-41-6-10-45)37(49)53-31-19-51-36-32(20-52-35(31)36)54-38(50)24-18-44(4-2)28-16-30(46-11-7-42-8-12-46)26(40)14-22(28)34(24)48/h13-18,31-32,35-36,41-42H,3-12,19-20H2,1-2H3/t31-,32+,35-,36-/m1/s1. The molecular weight excluding hydrogens is 706 g/mol. The van der Waals surface area contributed by atoms with Crippen LogP contribution in [0.1, 0.15) is 34.6 Å². The first-order valence-electron chi connectivity index (χ1n) is 18.5. The Kier molecular flexibility index (Phi) is 9.85. The third kappa shape index (κ3) is 6.40. The molecule has 4 atom stereocenters. The summed E-state index contributed by atoms with van der Waals surface area (Å²) in [5.74, 6) is -2.94. The molecule has 6 heterocycles. The quantitative estimate of drug-likeness (QED) is 0.255. The monoisotopic (exact) mass is 748 g/mol. The Balaban J connectivity index is 0.981. The zero-order valence-corrected chi connectivity index (χ0v) is 30.1. The summed E-state index contributed by atoms with van der Waals surface area (Å²) in [4.78, 5) is 58.0. The molecule has 54 heavy (non-hydrogen) atoms. The molecule has 0 radical (unpaired) electrons. The van der Waals surface area contributed by atoms with Gasteiger partial charge in [0.2, 0.25) is 10.9 Å². The maximum atomic E-state index is 15.4. The third-order valence-corrected chi connectivity index (χ3v) is 10.8. The number of carbonyl (C=O) groups is 2. The molecule has 2 aromatic carbocycles. The van der Waals surface area contributed by atoms with Gasteiger partial charge in [-0.3, -0.25) is 9.59 Å². The van der Waals surface area contributed by atoms with E-state index in [1.807, 2.05) is 23.6 Å². The van der Waals surface area contributed by atoms with E-state index in [2.05, 4.69) is 10.6 Å². The predicted octanol–water partition coefficient (Wildman–Crippen LogP) is 2.00. The molecule has 4 fully saturated rings. The average Bonchev–Trinajstić information content (AvgIpc) is 3.78. The second kappa shape index (κ2) is 14.7. The molecule has 16 heteroatoms. The van der Waals surface area contributed by atoms with Crippen LogP contribution >= 0.6 is 0 Å². The van der Waals surface area contributed by atoms with Crippen molar-refractivity contribution < 1.29 is 37.3 Å². The number of pyridine rings is 2. The molecule has 4 aliphatic heterocycles. The fourth-order valence-electron chi connectivity index (χ4n) is 7.94. The van der Waals surface area contributed by atoms with Gasteiger partial charge in [0.05, 0.1) is 35.6 Å². The van der Waals surface area contributed by atoms with Crippen LogP contribution in [0.4, 0.5) is 20.2 Å². The summed E-state index contributed by atoms with van der Waals surface area (Å²) in [5.41, 5.74) is -0.0377. The molecule has 4 aromatic rings. The zero-order chi connectivity index (χ0) is 37.7. The summed E-state index contributed by atoms with van der Waals surface area (Å²) in [6, 6.07) is 5.66. The van der Waals surface area contributed by atoms with Crippen molar-refractivity contribution in [3.8, 4) is 0 Å². The number of nitrogens with zero attached hydrogens (tertiary/aromatic N) is 4. The molecule has 0 saturated carbocycles. The van der Waals surface area contributed by atoms with Gasteiger partial charge in [0, 0.05) is 88.6 Å². The Bertz CT molecular complexity index is 2090. The number of piperazine rings is 2. The molecule has 14 nitrogen and oxygen atoms in total. The minimum atomic E-state index is -0.936. The molecule has 0 amide bonds. The van der Waals surface area contributed by atoms with Gasteiger partial charge in [0.1, 0.15) is 35.0 Å². The first kappa shape index (κ1) is 36.1. The van der Waals surface area contributed by atoms with Gasteiger partial charge >= 0.3 is 11.9 Å². The number of fused-ring (bicyclic) bond motifs is 3. The average molecular weight is 749 g/mol. The van der Waals surface area contributed by atoms with Crippen LogP contribution in [-0.4, -0.2) is 111 Å². The van der Waals surface area contributed by atoms with Crippen LogP contribution in [0, 0.1) is 11.6 Å². The van der Waals surface area contributed by atoms with Crippen LogP contribution in [0.5, 0.6) is 0 Å². The molecule has 2 aromatic heterocycles. The summed E-state index contributed by atoms with van der Waals surface area (Å²) in [7, 11) is 0. The second-order valence-electron chi connectivity index (χ2n) is 13.9. The van der Waals surface area contributed by atoms with E-state index in [0.717, 1.165) is 0 Å². The van der Waals surface area contributed by atoms with Gasteiger partial charge in [-0.2, -0.15) is 0 Å². The Morgan fingerprint density at radius 2 is 1.07 bits per heavy atom. The van der Waals surface area contributed by atoms with Crippen molar-refractivity contribution in [3.63, 3.8) is 0 Å². The van der Waals surface area contributed by atoms with Gasteiger partial charge in [-0.05, 0) is 38.1 Å². The van der Waals surface area contributed by atoms with Crippen LogP contribution in [0.15, 0.2) is 46.2 Å². The molecule has 8 rings (SSSR count). The van der Waals surface area contributed by atoms with E-state index in [4.69, 9.17) is 18.9 Å². The van der Waals surface area contributed by atoms with Crippen LogP contribution in [0.2, 0.25) is 0 Å². The fourth-order valence-corrected chi connectivity index (χ4v) is 7.94. The number of nitrogens with one attached hydrogen (secondary N) is 2. The normalized spacial score (nSPS) is 22.9. The number of rotatable bonds is 8. The zero-order valence-electron chi connectivity index (χ0n) is 30.1. The van der Waals surface area contributed by atoms with E-state index >= 15 is 8.78 Å². The molecule has 2 N–H and O–H groups in total. The Labute approximate surface area is 308 Å². The van der Waals surface area contributed by atoms with Crippen LogP contribution in [0.25, 0.3) is 21.8 Å². The highest BCUT2D eigenvalue weighted by molar-refractivity contribution is 5.96. The Morgan fingerprint density at radius 3 is 1.44 bits per heavy atom. The van der Waals surface area contributed by atoms with E-state index in [-0.39, 0.29) is 35.1 Å². The highest BCUT2D eigenvalue weighted by atomic mass is 19.1. The molecule has 0 aliphatic carbocycles. The third-order valence-electron chi connectivity index (χ3n) is 10.8. The van der Waals surface area contributed by atoms with Gasteiger partial charge in [-0.15, -0.1) is 0 Å². The number of aromatic nitrogens is 2. The summed E-state index contributed by atoms with van der Waals surface area (Å²) >= 11 is 0. The Morgan fingerprint density at radius 1 is 0.685 bits per heavy atom. The minimum Gasteiger partial charge on any atom is -0.453 e. The van der Waals surface area contributed by atoms with Crippen molar-refractivity contribution in [2.45, 2.75) is 51.4 Å². The van der Waals surface area contributed by atoms with Crippen molar-refractivity contribution >= 4 is 45.1 Å². The molecule has 4 saturated heterocycles. The van der Waals surface area contributed by atoms with Gasteiger partial charge in [0.25, 0.3) is 0 Å². The lowest BCUT2D eigenvalue weighted by Crippen LogP contribution is -2.44. The summed E-state index contributed by atoms with van der Waals surface area (Å²) < 4.78 is 57.4. The number of anilines is 2. The highest BCUT2D eigenvalue weighted by Crippen LogP contribution is 2.32. The molecule has 0 bridgehead atoms. The molecule has 286 valence electrons. The molecule has 4 aliphatic rings. The van der Waals surface area contributed by atoms with Crippen molar-refractivity contribution in [2.75, 3.05) is 75.4 Å². The van der Waals surface area contributed by atoms with Crippen molar-refractivity contribution in [3.05, 3.63) is 79.9 Å². The largest absolute Gasteiger partial charge is 0.453 e. The summed E-state index contributed by atoms with van der Waals surface area (Å²) in [6.45, 7) is 9.69. The molecular formula is C38H42F2N6O8. The van der Waals surface area contributed by atoms with Gasteiger partial charge in [-0.25, -0.2) is 18.4 Å². The fraction of sp³-hybridized carbons (Fsp3) is 0.474. The van der Waals surface area contributed by atoms with Crippen LogP contribution in [0.3, 0.4) is 0 Å². The predicted molar refractivity (Wildman–Crippen MR) is 196 cm³/mol. The number of benzene rings is 2. The number of hydrogen-bond acceptors (Lipinski definition) is 12. The number of carbonyl (C=O) groups excluding carboxylic acids is 2. The van der Waals surface area contributed by atoms with Crippen molar-refractivity contribution in [1.29, 1.82) is 0 Å². The lowest BCUT2D eigenvalue weighted by atomic mass is 10.1. The van der Waals surface area contributed by atoms with Crippen molar-refractivity contribution in [1.82, 2.24) is 19.8 Å². The minimum absolute atomic E-state index is 0.0610. The maximum Gasteiger partial charge on any atom is 0.344 e. The van der Waals surface area contributed by atoms with Gasteiger partial charge in [-0.1, -0.05) is 0 Å². The summed E-state index contributed by atoms with van der Waals surface area (Å²) in [6.07, 6.45) is -0.667. The lowest BCUT2D eigenvalue weighted by molar-refractivity contribution is -0.0288. The Hall–Kier alpha value is -4.90. The number of esters is 2. The second-order valence-corrected chi connectivity index (χ2v) is 13.9. The number of ether oxygens (including phenoxy) is 4. The topological polar surface area (TPSA) is 146 Å². The number of halogens is 2. The molecule has 0 spiro atoms. The van der Waals surface area contributed by atoms with E-state index in [0.29, 0.717) is 87.9 Å². The number of hydrogen-bond donors (Lipinski definition) is 2. The summed E-state index contributed by atoms with van der Waals surface area (Å²) in [5, 5.41) is 6.60. The lowest BCUT2D eigenvalue weighted by Gasteiger charge is -2.30. The van der Waals surface area contributed by atoms with Crippen LogP contribution < -0.4 is 31.3 Å². The highest BCUT2D eigenvalue weighted by Gasteiger charge is 2.51. The first-order valence-corrected chi connectivity index (χ1v) is 18.5. The first-order chi connectivity index (χ1) is 26.2. The van der Waals surface area contributed by atoms with E-state index in [1.54, 1.807) is 21.3 Å². The SMILES string of the molecule is CCn1cc(C(=O)O[C@H]2CO[C@H]3[C@@H]2OC[C@H]3OC(=O)c2cn(CC)c3cc(N4CCNCC4)c(F)cc3c2=O)c(=O)c2cc(F)c(N3CCNCC3)cc21. The van der Waals surface area contributed by atoms with E-state index in [9.17, 15) is 19.2 Å². The van der Waals surface area contributed by atoms with E-state index < -0.39 is 58.8 Å². The molecule has 0 unspecified atom stereocenters. The van der Waals surface area contributed by atoms with Crippen molar-refractivity contribution in [2.24, 2.45) is 0 Å². The van der Waals surface area contributed by atoms with Crippen LogP contribution in [-0.2, 0) is 32.0 Å².